The van der Waals surface area contributed by atoms with Gasteiger partial charge in [0.2, 0.25) is 0 Å². The molecule has 2 amide bonds. The molecule has 0 fully saturated rings. The van der Waals surface area contributed by atoms with Gasteiger partial charge in [-0.05, 0) is 76.7 Å². The van der Waals surface area contributed by atoms with Gasteiger partial charge in [0.05, 0.1) is 0 Å². The first kappa shape index (κ1) is 22.4. The third-order valence-corrected chi connectivity index (χ3v) is 5.74. The van der Waals surface area contributed by atoms with Gasteiger partial charge in [-0.15, -0.1) is 0 Å². The summed E-state index contributed by atoms with van der Waals surface area (Å²) in [5.41, 5.74) is 5.81. The topological polar surface area (TPSA) is 66.0 Å². The number of pyridine rings is 1. The van der Waals surface area contributed by atoms with Gasteiger partial charge in [0, 0.05) is 36.1 Å². The van der Waals surface area contributed by atoms with Gasteiger partial charge in [-0.2, -0.15) is 0 Å². The van der Waals surface area contributed by atoms with Crippen LogP contribution >= 0.6 is 11.9 Å². The molecule has 3 N–H and O–H groups in total. The van der Waals surface area contributed by atoms with E-state index in [1.54, 1.807) is 36.5 Å². The molecular weight excluding hydrogens is 435 g/mol. The number of rotatable bonds is 8. The van der Waals surface area contributed by atoms with Crippen LogP contribution in [-0.2, 0) is 12.3 Å². The summed E-state index contributed by atoms with van der Waals surface area (Å²) in [6, 6.07) is 25.6. The fourth-order valence-electron chi connectivity index (χ4n) is 3.24. The molecule has 33 heavy (non-hydrogen) atoms. The maximum absolute atomic E-state index is 13.3. The Morgan fingerprint density at radius 1 is 0.879 bits per heavy atom. The fraction of sp³-hybridized carbons (Fsp3) is 0.0769. The zero-order chi connectivity index (χ0) is 22.9. The molecule has 7 heteroatoms. The van der Waals surface area contributed by atoms with Gasteiger partial charge in [0.25, 0.3) is 0 Å². The summed E-state index contributed by atoms with van der Waals surface area (Å²) in [6.07, 6.45) is 3.41. The molecule has 0 unspecified atom stereocenters. The Labute approximate surface area is 196 Å². The van der Waals surface area contributed by atoms with E-state index in [1.807, 2.05) is 54.6 Å². The highest BCUT2D eigenvalue weighted by Crippen LogP contribution is 2.27. The van der Waals surface area contributed by atoms with Crippen molar-refractivity contribution in [3.05, 3.63) is 114 Å². The third-order valence-electron chi connectivity index (χ3n) is 4.91. The molecule has 5 nitrogen and oxygen atoms in total. The van der Waals surface area contributed by atoms with Gasteiger partial charge < -0.3 is 15.4 Å². The van der Waals surface area contributed by atoms with Crippen LogP contribution in [-0.4, -0.2) is 11.0 Å². The Bertz CT molecular complexity index is 1190. The van der Waals surface area contributed by atoms with E-state index in [-0.39, 0.29) is 11.8 Å². The number of hydrogen-bond acceptors (Lipinski definition) is 4. The molecule has 0 spiro atoms. The highest BCUT2D eigenvalue weighted by atomic mass is 32.2. The SMILES string of the molecule is O=C(NCc1cccnc1)Nc1ccc(NSCc2ccccc2-c2ccc(F)cc2)cc1. The van der Waals surface area contributed by atoms with E-state index in [2.05, 4.69) is 26.4 Å². The number of aromatic nitrogens is 1. The van der Waals surface area contributed by atoms with Crippen molar-refractivity contribution in [3.8, 4) is 11.1 Å². The van der Waals surface area contributed by atoms with Gasteiger partial charge in [-0.25, -0.2) is 9.18 Å². The molecular formula is C26H23FN4OS. The normalized spacial score (nSPS) is 10.5. The van der Waals surface area contributed by atoms with E-state index in [9.17, 15) is 9.18 Å². The average molecular weight is 459 g/mol. The van der Waals surface area contributed by atoms with Crippen molar-refractivity contribution in [1.29, 1.82) is 0 Å². The lowest BCUT2D eigenvalue weighted by Gasteiger charge is -2.11. The average Bonchev–Trinajstić information content (AvgIpc) is 2.85. The second-order valence-electron chi connectivity index (χ2n) is 7.30. The van der Waals surface area contributed by atoms with Crippen LogP contribution in [0.15, 0.2) is 97.3 Å². The number of urea groups is 1. The molecule has 0 saturated carbocycles. The first-order valence-corrected chi connectivity index (χ1v) is 11.4. The number of carbonyl (C=O) groups excluding carboxylic acids is 1. The molecule has 0 aliphatic heterocycles. The summed E-state index contributed by atoms with van der Waals surface area (Å²) in [5, 5.41) is 5.62. The molecule has 0 aliphatic rings. The van der Waals surface area contributed by atoms with E-state index in [0.717, 1.165) is 33.7 Å². The van der Waals surface area contributed by atoms with Crippen LogP contribution in [0.4, 0.5) is 20.6 Å². The molecule has 4 aromatic rings. The quantitative estimate of drug-likeness (QED) is 0.265. The van der Waals surface area contributed by atoms with Crippen LogP contribution < -0.4 is 15.4 Å². The van der Waals surface area contributed by atoms with Gasteiger partial charge in [0.1, 0.15) is 5.82 Å². The second kappa shape index (κ2) is 11.2. The molecule has 1 aromatic heterocycles. The number of benzene rings is 3. The maximum atomic E-state index is 13.3. The van der Waals surface area contributed by atoms with Crippen molar-refractivity contribution in [3.63, 3.8) is 0 Å². The Morgan fingerprint density at radius 3 is 2.39 bits per heavy atom. The van der Waals surface area contributed by atoms with Crippen molar-refractivity contribution in [1.82, 2.24) is 10.3 Å². The Kier molecular flexibility index (Phi) is 7.56. The van der Waals surface area contributed by atoms with Crippen molar-refractivity contribution in [2.75, 3.05) is 10.0 Å². The lowest BCUT2D eigenvalue weighted by atomic mass is 10.0. The molecule has 0 bridgehead atoms. The molecule has 0 radical (unpaired) electrons. The largest absolute Gasteiger partial charge is 0.334 e. The highest BCUT2D eigenvalue weighted by molar-refractivity contribution is 7.99. The number of halogens is 1. The molecule has 166 valence electrons. The Balaban J connectivity index is 1.27. The van der Waals surface area contributed by atoms with Crippen molar-refractivity contribution in [2.24, 2.45) is 0 Å². The summed E-state index contributed by atoms with van der Waals surface area (Å²) in [5.74, 6) is 0.501. The first-order valence-electron chi connectivity index (χ1n) is 10.4. The number of anilines is 2. The van der Waals surface area contributed by atoms with Crippen LogP contribution in [0, 0.1) is 5.82 Å². The van der Waals surface area contributed by atoms with Crippen molar-refractivity contribution in [2.45, 2.75) is 12.3 Å². The van der Waals surface area contributed by atoms with E-state index in [1.165, 1.54) is 12.1 Å². The minimum absolute atomic E-state index is 0.240. The first-order chi connectivity index (χ1) is 16.2. The van der Waals surface area contributed by atoms with E-state index in [0.29, 0.717) is 12.2 Å². The van der Waals surface area contributed by atoms with E-state index >= 15 is 0 Å². The van der Waals surface area contributed by atoms with Gasteiger partial charge in [0.15, 0.2) is 0 Å². The fourth-order valence-corrected chi connectivity index (χ4v) is 4.02. The Morgan fingerprint density at radius 2 is 1.64 bits per heavy atom. The zero-order valence-corrected chi connectivity index (χ0v) is 18.6. The summed E-state index contributed by atoms with van der Waals surface area (Å²) in [7, 11) is 0. The second-order valence-corrected chi connectivity index (χ2v) is 8.08. The van der Waals surface area contributed by atoms with Crippen LogP contribution in [0.5, 0.6) is 0 Å². The molecule has 0 aliphatic carbocycles. The van der Waals surface area contributed by atoms with Crippen LogP contribution in [0.25, 0.3) is 11.1 Å². The molecule has 0 saturated heterocycles. The number of amides is 2. The van der Waals surface area contributed by atoms with Gasteiger partial charge in [-0.3, -0.25) is 4.98 Å². The molecule has 0 atom stereocenters. The lowest BCUT2D eigenvalue weighted by Crippen LogP contribution is -2.28. The van der Waals surface area contributed by atoms with Gasteiger partial charge in [-0.1, -0.05) is 42.5 Å². The number of hydrogen-bond donors (Lipinski definition) is 3. The third kappa shape index (κ3) is 6.57. The van der Waals surface area contributed by atoms with Crippen LogP contribution in [0.3, 0.4) is 0 Å². The predicted octanol–water partition coefficient (Wildman–Crippen LogP) is 6.47. The van der Waals surface area contributed by atoms with Crippen LogP contribution in [0.1, 0.15) is 11.1 Å². The van der Waals surface area contributed by atoms with Crippen molar-refractivity contribution < 1.29 is 9.18 Å². The lowest BCUT2D eigenvalue weighted by molar-refractivity contribution is 0.251. The van der Waals surface area contributed by atoms with E-state index in [4.69, 9.17) is 0 Å². The van der Waals surface area contributed by atoms with E-state index < -0.39 is 0 Å². The summed E-state index contributed by atoms with van der Waals surface area (Å²) < 4.78 is 16.6. The summed E-state index contributed by atoms with van der Waals surface area (Å²) in [4.78, 5) is 16.1. The number of nitrogens with zero attached hydrogens (tertiary/aromatic N) is 1. The van der Waals surface area contributed by atoms with Crippen LogP contribution in [0.2, 0.25) is 0 Å². The zero-order valence-electron chi connectivity index (χ0n) is 17.8. The summed E-state index contributed by atoms with van der Waals surface area (Å²) in [6.45, 7) is 0.412. The van der Waals surface area contributed by atoms with Gasteiger partial charge >= 0.3 is 6.03 Å². The Hall–Kier alpha value is -3.84. The van der Waals surface area contributed by atoms with Crippen molar-refractivity contribution >= 4 is 29.4 Å². The smallest absolute Gasteiger partial charge is 0.319 e. The summed E-state index contributed by atoms with van der Waals surface area (Å²) >= 11 is 1.57. The molecule has 3 aromatic carbocycles. The number of carbonyl (C=O) groups is 1. The molecule has 1 heterocycles. The maximum Gasteiger partial charge on any atom is 0.319 e. The minimum atomic E-state index is -0.272. The molecule has 4 rings (SSSR count). The standard InChI is InChI=1S/C26H23FN4OS/c27-22-9-7-20(8-10-22)25-6-2-1-5-21(25)18-33-31-24-13-11-23(12-14-24)30-26(32)29-17-19-4-3-15-28-16-19/h1-16,31H,17-18H2,(H2,29,30,32). The predicted molar refractivity (Wildman–Crippen MR) is 133 cm³/mol. The highest BCUT2D eigenvalue weighted by Gasteiger charge is 2.06. The minimum Gasteiger partial charge on any atom is -0.334 e. The monoisotopic (exact) mass is 458 g/mol. The number of nitrogens with one attached hydrogen (secondary N) is 3.